The SMILES string of the molecule is Cc1nc(/C=C/C(=O)N2CCC[C@@H](Cc3cnc(Nc4ccccn4)cn3)C2)cs1. The van der Waals surface area contributed by atoms with E-state index >= 15 is 0 Å². The van der Waals surface area contributed by atoms with Crippen molar-refractivity contribution in [3.8, 4) is 0 Å². The third kappa shape index (κ3) is 5.48. The standard InChI is InChI=1S/C22H24N6OS/c1-16-26-18(15-30-16)7-8-22(29)28-10-4-5-17(14-28)11-19-12-25-21(13-24-19)27-20-6-2-3-9-23-20/h2-3,6-9,12-13,15,17H,4-5,10-11,14H2,1H3,(H,23,25,27)/b8-7+/t17-/m0/s1. The molecule has 1 aliphatic heterocycles. The highest BCUT2D eigenvalue weighted by Gasteiger charge is 2.23. The highest BCUT2D eigenvalue weighted by molar-refractivity contribution is 7.09. The number of aryl methyl sites for hydroxylation is 1. The lowest BCUT2D eigenvalue weighted by atomic mass is 9.93. The summed E-state index contributed by atoms with van der Waals surface area (Å²) in [7, 11) is 0. The Morgan fingerprint density at radius 1 is 1.27 bits per heavy atom. The second-order valence-electron chi connectivity index (χ2n) is 7.35. The molecule has 0 aliphatic carbocycles. The first-order chi connectivity index (χ1) is 14.7. The van der Waals surface area contributed by atoms with Crippen LogP contribution in [0, 0.1) is 12.8 Å². The molecule has 154 valence electrons. The van der Waals surface area contributed by atoms with Crippen molar-refractivity contribution in [1.82, 2.24) is 24.8 Å². The number of rotatable bonds is 6. The minimum absolute atomic E-state index is 0.0475. The van der Waals surface area contributed by atoms with Gasteiger partial charge in [-0.1, -0.05) is 6.07 Å². The fraction of sp³-hybridized carbons (Fsp3) is 0.318. The molecule has 0 spiro atoms. The molecule has 0 saturated carbocycles. The molecule has 30 heavy (non-hydrogen) atoms. The Morgan fingerprint density at radius 2 is 2.20 bits per heavy atom. The minimum Gasteiger partial charge on any atom is -0.339 e. The number of nitrogens with zero attached hydrogens (tertiary/aromatic N) is 5. The molecule has 8 heteroatoms. The van der Waals surface area contributed by atoms with Crippen LogP contribution in [0.4, 0.5) is 11.6 Å². The van der Waals surface area contributed by atoms with Crippen molar-refractivity contribution >= 4 is 35.0 Å². The summed E-state index contributed by atoms with van der Waals surface area (Å²) in [6, 6.07) is 5.67. The van der Waals surface area contributed by atoms with E-state index in [2.05, 4.69) is 25.3 Å². The van der Waals surface area contributed by atoms with Crippen LogP contribution < -0.4 is 5.32 Å². The third-order valence-corrected chi connectivity index (χ3v) is 5.78. The van der Waals surface area contributed by atoms with Crippen molar-refractivity contribution in [3.63, 3.8) is 0 Å². The number of pyridine rings is 1. The van der Waals surface area contributed by atoms with Gasteiger partial charge < -0.3 is 10.2 Å². The van der Waals surface area contributed by atoms with Gasteiger partial charge in [0.25, 0.3) is 0 Å². The van der Waals surface area contributed by atoms with E-state index in [-0.39, 0.29) is 5.91 Å². The Morgan fingerprint density at radius 3 is 2.93 bits per heavy atom. The molecule has 1 saturated heterocycles. The van der Waals surface area contributed by atoms with Crippen LogP contribution in [0.5, 0.6) is 0 Å². The van der Waals surface area contributed by atoms with Gasteiger partial charge in [-0.2, -0.15) is 0 Å². The molecule has 4 rings (SSSR count). The lowest BCUT2D eigenvalue weighted by Gasteiger charge is -2.32. The Kier molecular flexibility index (Phi) is 6.44. The van der Waals surface area contributed by atoms with E-state index in [0.717, 1.165) is 54.6 Å². The predicted octanol–water partition coefficient (Wildman–Crippen LogP) is 3.87. The number of hydrogen-bond acceptors (Lipinski definition) is 7. The number of carbonyl (C=O) groups excluding carboxylic acids is 1. The van der Waals surface area contributed by atoms with E-state index in [4.69, 9.17) is 0 Å². The van der Waals surface area contributed by atoms with Gasteiger partial charge in [-0.05, 0) is 50.3 Å². The van der Waals surface area contributed by atoms with Crippen LogP contribution in [-0.4, -0.2) is 43.8 Å². The van der Waals surface area contributed by atoms with Crippen LogP contribution in [0.3, 0.4) is 0 Å². The molecule has 1 aliphatic rings. The van der Waals surface area contributed by atoms with E-state index in [0.29, 0.717) is 11.7 Å². The minimum atomic E-state index is 0.0475. The molecule has 1 N–H and O–H groups in total. The van der Waals surface area contributed by atoms with Gasteiger partial charge in [-0.3, -0.25) is 9.78 Å². The van der Waals surface area contributed by atoms with Gasteiger partial charge in [0.1, 0.15) is 11.6 Å². The quantitative estimate of drug-likeness (QED) is 0.610. The largest absolute Gasteiger partial charge is 0.339 e. The van der Waals surface area contributed by atoms with E-state index in [1.165, 1.54) is 0 Å². The van der Waals surface area contributed by atoms with Gasteiger partial charge in [-0.15, -0.1) is 11.3 Å². The predicted molar refractivity (Wildman–Crippen MR) is 118 cm³/mol. The summed E-state index contributed by atoms with van der Waals surface area (Å²) < 4.78 is 0. The van der Waals surface area contributed by atoms with Crippen molar-refractivity contribution in [1.29, 1.82) is 0 Å². The van der Waals surface area contributed by atoms with Crippen molar-refractivity contribution in [2.45, 2.75) is 26.2 Å². The summed E-state index contributed by atoms with van der Waals surface area (Å²) in [4.78, 5) is 32.1. The Bertz CT molecular complexity index is 1000. The first kappa shape index (κ1) is 20.2. The lowest BCUT2D eigenvalue weighted by molar-refractivity contribution is -0.127. The Balaban J connectivity index is 1.31. The van der Waals surface area contributed by atoms with Crippen LogP contribution in [0.25, 0.3) is 6.08 Å². The first-order valence-corrected chi connectivity index (χ1v) is 10.9. The zero-order valence-corrected chi connectivity index (χ0v) is 17.7. The molecular weight excluding hydrogens is 396 g/mol. The molecule has 0 aromatic carbocycles. The monoisotopic (exact) mass is 420 g/mol. The number of thiazole rings is 1. The fourth-order valence-corrected chi connectivity index (χ4v) is 4.12. The molecule has 7 nitrogen and oxygen atoms in total. The number of carbonyl (C=O) groups is 1. The number of aromatic nitrogens is 4. The van der Waals surface area contributed by atoms with Gasteiger partial charge in [0.15, 0.2) is 0 Å². The molecule has 3 aromatic rings. The first-order valence-electron chi connectivity index (χ1n) is 10.0. The maximum absolute atomic E-state index is 12.6. The topological polar surface area (TPSA) is 83.9 Å². The van der Waals surface area contributed by atoms with Crippen LogP contribution in [0.2, 0.25) is 0 Å². The zero-order valence-electron chi connectivity index (χ0n) is 16.9. The van der Waals surface area contributed by atoms with Gasteiger partial charge in [0.05, 0.1) is 28.8 Å². The summed E-state index contributed by atoms with van der Waals surface area (Å²) in [5.41, 5.74) is 1.78. The van der Waals surface area contributed by atoms with Gasteiger partial charge in [-0.25, -0.2) is 15.0 Å². The summed E-state index contributed by atoms with van der Waals surface area (Å²) >= 11 is 1.59. The number of piperidine rings is 1. The molecule has 1 fully saturated rings. The molecule has 0 bridgehead atoms. The lowest BCUT2D eigenvalue weighted by Crippen LogP contribution is -2.39. The molecule has 3 aromatic heterocycles. The van der Waals surface area contributed by atoms with Crippen molar-refractivity contribution in [2.24, 2.45) is 5.92 Å². The molecule has 4 heterocycles. The second-order valence-corrected chi connectivity index (χ2v) is 8.42. The number of likely N-dealkylation sites (tertiary alicyclic amines) is 1. The average molecular weight is 421 g/mol. The van der Waals surface area contributed by atoms with Crippen LogP contribution in [0.15, 0.2) is 48.2 Å². The van der Waals surface area contributed by atoms with Crippen molar-refractivity contribution in [3.05, 3.63) is 64.6 Å². The van der Waals surface area contributed by atoms with Gasteiger partial charge in [0, 0.05) is 30.7 Å². The third-order valence-electron chi connectivity index (χ3n) is 4.99. The number of amides is 1. The maximum Gasteiger partial charge on any atom is 0.246 e. The van der Waals surface area contributed by atoms with E-state index in [1.54, 1.807) is 42.1 Å². The van der Waals surface area contributed by atoms with E-state index in [9.17, 15) is 4.79 Å². The van der Waals surface area contributed by atoms with E-state index in [1.807, 2.05) is 35.4 Å². The van der Waals surface area contributed by atoms with Crippen molar-refractivity contribution in [2.75, 3.05) is 18.4 Å². The summed E-state index contributed by atoms with van der Waals surface area (Å²) in [6.07, 6.45) is 11.6. The molecule has 1 atom stereocenters. The molecule has 1 amide bonds. The number of nitrogens with one attached hydrogen (secondary N) is 1. The molecular formula is C22H24N6OS. The Labute approximate surface area is 179 Å². The van der Waals surface area contributed by atoms with Crippen LogP contribution in [-0.2, 0) is 11.2 Å². The zero-order chi connectivity index (χ0) is 20.8. The number of hydrogen-bond donors (Lipinski definition) is 1. The normalized spacial score (nSPS) is 16.7. The van der Waals surface area contributed by atoms with E-state index < -0.39 is 0 Å². The molecule has 0 unspecified atom stereocenters. The summed E-state index contributed by atoms with van der Waals surface area (Å²) in [5.74, 6) is 1.84. The van der Waals surface area contributed by atoms with Crippen molar-refractivity contribution < 1.29 is 4.79 Å². The summed E-state index contributed by atoms with van der Waals surface area (Å²) in [6.45, 7) is 3.51. The average Bonchev–Trinajstić information content (AvgIpc) is 3.19. The maximum atomic E-state index is 12.6. The van der Waals surface area contributed by atoms with Crippen LogP contribution >= 0.6 is 11.3 Å². The van der Waals surface area contributed by atoms with Crippen LogP contribution in [0.1, 0.15) is 29.2 Å². The summed E-state index contributed by atoms with van der Waals surface area (Å²) in [5, 5.41) is 6.10. The fourth-order valence-electron chi connectivity index (χ4n) is 3.54. The van der Waals surface area contributed by atoms with Gasteiger partial charge >= 0.3 is 0 Å². The highest BCUT2D eigenvalue weighted by atomic mass is 32.1. The smallest absolute Gasteiger partial charge is 0.246 e. The highest BCUT2D eigenvalue weighted by Crippen LogP contribution is 2.21. The number of anilines is 2. The Hall–Kier alpha value is -3.13. The second kappa shape index (κ2) is 9.58. The van der Waals surface area contributed by atoms with Gasteiger partial charge in [0.2, 0.25) is 5.91 Å². The molecule has 0 radical (unpaired) electrons.